The highest BCUT2D eigenvalue weighted by Crippen LogP contribution is 2.27. The number of benzene rings is 2. The van der Waals surface area contributed by atoms with E-state index < -0.39 is 0 Å². The van der Waals surface area contributed by atoms with E-state index in [0.717, 1.165) is 48.0 Å². The van der Waals surface area contributed by atoms with Crippen molar-refractivity contribution >= 4 is 17.0 Å². The van der Waals surface area contributed by atoms with Crippen molar-refractivity contribution < 1.29 is 9.53 Å². The van der Waals surface area contributed by atoms with Crippen molar-refractivity contribution in [2.24, 2.45) is 5.92 Å². The number of rotatable bonds is 8. The number of carbonyl (C=O) groups excluding carboxylic acids is 1. The maximum Gasteiger partial charge on any atom is 0.315 e. The minimum absolute atomic E-state index is 0.121. The number of unbranched alkanes of at least 4 members (excludes halogenated alkanes) is 1. The normalized spacial score (nSPS) is 12.2. The predicted molar refractivity (Wildman–Crippen MR) is 118 cm³/mol. The number of hydrogen-bond donors (Lipinski definition) is 1. The van der Waals surface area contributed by atoms with Crippen LogP contribution in [0.1, 0.15) is 39.5 Å². The van der Waals surface area contributed by atoms with Gasteiger partial charge in [0.25, 0.3) is 0 Å². The summed E-state index contributed by atoms with van der Waals surface area (Å²) in [7, 11) is 0. The van der Waals surface area contributed by atoms with Crippen LogP contribution in [0, 0.1) is 5.92 Å². The number of para-hydroxylation sites is 2. The molecule has 6 heteroatoms. The first kappa shape index (κ1) is 19.9. The number of fused-ring (bicyclic) bond motifs is 1. The zero-order valence-corrected chi connectivity index (χ0v) is 17.3. The van der Waals surface area contributed by atoms with E-state index in [1.165, 1.54) is 0 Å². The van der Waals surface area contributed by atoms with Crippen LogP contribution in [0.3, 0.4) is 0 Å². The summed E-state index contributed by atoms with van der Waals surface area (Å²) < 4.78 is 7.43. The Morgan fingerprint density at radius 3 is 2.60 bits per heavy atom. The van der Waals surface area contributed by atoms with Gasteiger partial charge in [-0.2, -0.15) is 9.78 Å². The molecule has 0 bridgehead atoms. The third kappa shape index (κ3) is 4.13. The summed E-state index contributed by atoms with van der Waals surface area (Å²) >= 11 is 0. The molecule has 0 aliphatic carbocycles. The van der Waals surface area contributed by atoms with Gasteiger partial charge in [-0.15, -0.1) is 0 Å². The molecular formula is C24H26N4O2. The Balaban J connectivity index is 1.72. The van der Waals surface area contributed by atoms with E-state index in [4.69, 9.17) is 9.84 Å². The number of ether oxygens (including phenoxy) is 1. The maximum absolute atomic E-state index is 12.9. The summed E-state index contributed by atoms with van der Waals surface area (Å²) in [6, 6.07) is 19.4. The molecule has 0 radical (unpaired) electrons. The molecule has 0 unspecified atom stereocenters. The summed E-state index contributed by atoms with van der Waals surface area (Å²) in [6.07, 6.45) is 3.64. The number of esters is 1. The minimum atomic E-state index is -0.220. The molecule has 2 heterocycles. The summed E-state index contributed by atoms with van der Waals surface area (Å²) in [5.41, 5.74) is 3.40. The number of nitrogens with one attached hydrogen (secondary N) is 1. The number of imidazole rings is 1. The van der Waals surface area contributed by atoms with Gasteiger partial charge in [-0.25, -0.2) is 4.98 Å². The van der Waals surface area contributed by atoms with Gasteiger partial charge in [0.15, 0.2) is 0 Å². The molecule has 4 aromatic rings. The lowest BCUT2D eigenvalue weighted by Gasteiger charge is -2.13. The van der Waals surface area contributed by atoms with E-state index in [1.54, 1.807) is 10.7 Å². The van der Waals surface area contributed by atoms with Crippen LogP contribution in [0.5, 0.6) is 5.88 Å². The van der Waals surface area contributed by atoms with Crippen LogP contribution in [0.2, 0.25) is 0 Å². The molecule has 0 spiro atoms. The van der Waals surface area contributed by atoms with E-state index in [9.17, 15) is 4.79 Å². The Bertz CT molecular complexity index is 1100. The van der Waals surface area contributed by atoms with Gasteiger partial charge in [-0.05, 0) is 25.0 Å². The van der Waals surface area contributed by atoms with E-state index in [0.29, 0.717) is 11.8 Å². The third-order valence-electron chi connectivity index (χ3n) is 5.26. The van der Waals surface area contributed by atoms with E-state index >= 15 is 0 Å². The molecule has 0 aliphatic rings. The number of carbonyl (C=O) groups is 1. The minimum Gasteiger partial charge on any atom is -0.407 e. The van der Waals surface area contributed by atoms with Gasteiger partial charge in [-0.3, -0.25) is 4.79 Å². The van der Waals surface area contributed by atoms with Gasteiger partial charge in [0, 0.05) is 11.6 Å². The smallest absolute Gasteiger partial charge is 0.315 e. The summed E-state index contributed by atoms with van der Waals surface area (Å²) in [5, 5.41) is 4.69. The fraction of sp³-hybridized carbons (Fsp3) is 0.292. The quantitative estimate of drug-likeness (QED) is 0.393. The molecule has 0 amide bonds. The Morgan fingerprint density at radius 2 is 1.87 bits per heavy atom. The average Bonchev–Trinajstić information content (AvgIpc) is 3.39. The van der Waals surface area contributed by atoms with E-state index in [2.05, 4.69) is 16.9 Å². The first-order valence-corrected chi connectivity index (χ1v) is 10.5. The lowest BCUT2D eigenvalue weighted by molar-refractivity contribution is -0.139. The van der Waals surface area contributed by atoms with Gasteiger partial charge in [0.2, 0.25) is 11.8 Å². The molecular weight excluding hydrogens is 376 g/mol. The monoisotopic (exact) mass is 402 g/mol. The number of H-pyrrole nitrogens is 1. The molecule has 30 heavy (non-hydrogen) atoms. The van der Waals surface area contributed by atoms with Crippen LogP contribution >= 0.6 is 0 Å². The standard InChI is InChI=1S/C24H26N4O2/c1-3-5-11-17(4-2)23(29)30-22-16-21(18-12-7-6-8-13-18)27-28(22)24-25-19-14-9-10-15-20(19)26-24/h6-10,12-17H,3-5,11H2,1-2H3,(H,25,26)/t17-/m1/s1. The molecule has 6 nitrogen and oxygen atoms in total. The zero-order chi connectivity index (χ0) is 20.9. The molecule has 0 saturated heterocycles. The van der Waals surface area contributed by atoms with Gasteiger partial charge in [0.1, 0.15) is 0 Å². The van der Waals surface area contributed by atoms with Crippen LogP contribution in [0.25, 0.3) is 28.2 Å². The predicted octanol–water partition coefficient (Wildman–Crippen LogP) is 5.54. The van der Waals surface area contributed by atoms with Crippen LogP contribution in [-0.2, 0) is 4.79 Å². The third-order valence-corrected chi connectivity index (χ3v) is 5.26. The number of aromatic nitrogens is 4. The van der Waals surface area contributed by atoms with E-state index in [-0.39, 0.29) is 11.9 Å². The molecule has 2 aromatic carbocycles. The lowest BCUT2D eigenvalue weighted by atomic mass is 10.00. The SMILES string of the molecule is CCCC[C@@H](CC)C(=O)Oc1cc(-c2ccccc2)nn1-c1nc2ccccc2[nH]1. The van der Waals surface area contributed by atoms with Crippen LogP contribution < -0.4 is 4.74 Å². The summed E-state index contributed by atoms with van der Waals surface area (Å²) in [4.78, 5) is 20.7. The molecule has 0 saturated carbocycles. The van der Waals surface area contributed by atoms with Crippen molar-refractivity contribution in [3.05, 3.63) is 60.7 Å². The molecule has 4 rings (SSSR count). The number of aromatic amines is 1. The highest BCUT2D eigenvalue weighted by atomic mass is 16.5. The largest absolute Gasteiger partial charge is 0.407 e. The van der Waals surface area contributed by atoms with Crippen molar-refractivity contribution in [1.29, 1.82) is 0 Å². The topological polar surface area (TPSA) is 72.8 Å². The van der Waals surface area contributed by atoms with Crippen molar-refractivity contribution in [1.82, 2.24) is 19.7 Å². The highest BCUT2D eigenvalue weighted by Gasteiger charge is 2.22. The Hall–Kier alpha value is -3.41. The molecule has 1 N–H and O–H groups in total. The van der Waals surface area contributed by atoms with Gasteiger partial charge in [-0.1, -0.05) is 69.2 Å². The second-order valence-corrected chi connectivity index (χ2v) is 7.39. The Kier molecular flexibility index (Phi) is 5.93. The fourth-order valence-electron chi connectivity index (χ4n) is 3.50. The van der Waals surface area contributed by atoms with Crippen molar-refractivity contribution in [2.75, 3.05) is 0 Å². The number of hydrogen-bond acceptors (Lipinski definition) is 4. The zero-order valence-electron chi connectivity index (χ0n) is 17.3. The van der Waals surface area contributed by atoms with Crippen LogP contribution in [0.4, 0.5) is 0 Å². The van der Waals surface area contributed by atoms with Crippen LogP contribution in [-0.4, -0.2) is 25.7 Å². The molecule has 1 atom stereocenters. The van der Waals surface area contributed by atoms with Crippen molar-refractivity contribution in [3.63, 3.8) is 0 Å². The lowest BCUT2D eigenvalue weighted by Crippen LogP contribution is -2.21. The molecule has 0 fully saturated rings. The molecule has 154 valence electrons. The van der Waals surface area contributed by atoms with Crippen molar-refractivity contribution in [3.8, 4) is 23.1 Å². The average molecular weight is 402 g/mol. The number of nitrogens with zero attached hydrogens (tertiary/aromatic N) is 3. The van der Waals surface area contributed by atoms with Gasteiger partial charge in [0.05, 0.1) is 22.6 Å². The van der Waals surface area contributed by atoms with Gasteiger partial charge >= 0.3 is 5.97 Å². The molecule has 0 aliphatic heterocycles. The Labute approximate surface area is 175 Å². The second-order valence-electron chi connectivity index (χ2n) is 7.39. The first-order valence-electron chi connectivity index (χ1n) is 10.5. The first-order chi connectivity index (χ1) is 14.7. The summed E-state index contributed by atoms with van der Waals surface area (Å²) in [5.74, 6) is 0.544. The van der Waals surface area contributed by atoms with E-state index in [1.807, 2.05) is 61.5 Å². The van der Waals surface area contributed by atoms with Gasteiger partial charge < -0.3 is 9.72 Å². The fourth-order valence-corrected chi connectivity index (χ4v) is 3.50. The Morgan fingerprint density at radius 1 is 1.10 bits per heavy atom. The summed E-state index contributed by atoms with van der Waals surface area (Å²) in [6.45, 7) is 4.15. The highest BCUT2D eigenvalue weighted by molar-refractivity contribution is 5.77. The van der Waals surface area contributed by atoms with Crippen LogP contribution in [0.15, 0.2) is 60.7 Å². The maximum atomic E-state index is 12.9. The second kappa shape index (κ2) is 8.95. The van der Waals surface area contributed by atoms with Crippen molar-refractivity contribution in [2.45, 2.75) is 39.5 Å². The molecule has 2 aromatic heterocycles.